The quantitative estimate of drug-likeness (QED) is 0.747. The SMILES string of the molecule is CNC(=O)NC(=O)CNc1ccccc1CN(C)C1CCCCC1. The van der Waals surface area contributed by atoms with Crippen molar-refractivity contribution in [3.8, 4) is 0 Å². The van der Waals surface area contributed by atoms with E-state index in [1.165, 1.54) is 44.7 Å². The molecule has 1 aromatic rings. The van der Waals surface area contributed by atoms with Crippen molar-refractivity contribution in [3.05, 3.63) is 29.8 Å². The number of amides is 3. The highest BCUT2D eigenvalue weighted by Gasteiger charge is 2.18. The second-order valence-corrected chi connectivity index (χ2v) is 6.34. The van der Waals surface area contributed by atoms with Crippen LogP contribution in [-0.2, 0) is 11.3 Å². The average molecular weight is 332 g/mol. The van der Waals surface area contributed by atoms with Gasteiger partial charge in [-0.15, -0.1) is 0 Å². The number of para-hydroxylation sites is 1. The first-order valence-corrected chi connectivity index (χ1v) is 8.63. The maximum Gasteiger partial charge on any atom is 0.321 e. The molecule has 0 unspecified atom stereocenters. The van der Waals surface area contributed by atoms with Crippen molar-refractivity contribution < 1.29 is 9.59 Å². The van der Waals surface area contributed by atoms with Crippen molar-refractivity contribution in [3.63, 3.8) is 0 Å². The van der Waals surface area contributed by atoms with Gasteiger partial charge in [0.1, 0.15) is 0 Å². The van der Waals surface area contributed by atoms with E-state index in [0.29, 0.717) is 6.04 Å². The number of carbonyl (C=O) groups excluding carboxylic acids is 2. The van der Waals surface area contributed by atoms with Gasteiger partial charge in [0, 0.05) is 25.3 Å². The van der Waals surface area contributed by atoms with E-state index in [0.717, 1.165) is 12.2 Å². The standard InChI is InChI=1S/C18H28N4O2/c1-19-18(24)21-17(23)12-20-16-11-7-6-8-14(16)13-22(2)15-9-4-3-5-10-15/h6-8,11,15,20H,3-5,9-10,12-13H2,1-2H3,(H2,19,21,23,24). The van der Waals surface area contributed by atoms with Crippen LogP contribution >= 0.6 is 0 Å². The van der Waals surface area contributed by atoms with Gasteiger partial charge in [-0.05, 0) is 31.5 Å². The van der Waals surface area contributed by atoms with E-state index >= 15 is 0 Å². The number of hydrogen-bond acceptors (Lipinski definition) is 4. The molecule has 2 rings (SSSR count). The van der Waals surface area contributed by atoms with Crippen LogP contribution in [0.1, 0.15) is 37.7 Å². The highest BCUT2D eigenvalue weighted by Crippen LogP contribution is 2.24. The Bertz CT molecular complexity index is 556. The van der Waals surface area contributed by atoms with Crippen LogP contribution in [0.3, 0.4) is 0 Å². The summed E-state index contributed by atoms with van der Waals surface area (Å²) in [4.78, 5) is 25.3. The predicted octanol–water partition coefficient (Wildman–Crippen LogP) is 2.32. The number of carbonyl (C=O) groups is 2. The fourth-order valence-corrected chi connectivity index (χ4v) is 3.16. The molecule has 1 saturated carbocycles. The minimum atomic E-state index is -0.493. The van der Waals surface area contributed by atoms with Gasteiger partial charge in [-0.25, -0.2) is 4.79 Å². The Balaban J connectivity index is 1.91. The van der Waals surface area contributed by atoms with Crippen molar-refractivity contribution in [1.29, 1.82) is 0 Å². The van der Waals surface area contributed by atoms with Crippen molar-refractivity contribution >= 4 is 17.6 Å². The first kappa shape index (κ1) is 18.3. The summed E-state index contributed by atoms with van der Waals surface area (Å²) in [5, 5.41) is 7.74. The molecule has 0 aromatic heterocycles. The predicted molar refractivity (Wildman–Crippen MR) is 95.9 cm³/mol. The summed E-state index contributed by atoms with van der Waals surface area (Å²) in [7, 11) is 3.65. The molecule has 0 radical (unpaired) electrons. The van der Waals surface area contributed by atoms with E-state index in [4.69, 9.17) is 0 Å². The maximum atomic E-state index is 11.7. The smallest absolute Gasteiger partial charge is 0.321 e. The third-order valence-electron chi connectivity index (χ3n) is 4.55. The van der Waals surface area contributed by atoms with Crippen LogP contribution in [0.25, 0.3) is 0 Å². The molecule has 0 aliphatic heterocycles. The summed E-state index contributed by atoms with van der Waals surface area (Å²) in [6.07, 6.45) is 6.51. The zero-order valence-electron chi connectivity index (χ0n) is 14.6. The van der Waals surface area contributed by atoms with Crippen LogP contribution in [0.5, 0.6) is 0 Å². The third kappa shape index (κ3) is 5.53. The fourth-order valence-electron chi connectivity index (χ4n) is 3.16. The molecule has 0 spiro atoms. The number of nitrogens with one attached hydrogen (secondary N) is 3. The Kier molecular flexibility index (Phi) is 7.06. The average Bonchev–Trinajstić information content (AvgIpc) is 2.61. The van der Waals surface area contributed by atoms with Gasteiger partial charge in [0.25, 0.3) is 0 Å². The molecule has 24 heavy (non-hydrogen) atoms. The van der Waals surface area contributed by atoms with Gasteiger partial charge in [0.05, 0.1) is 6.54 Å². The topological polar surface area (TPSA) is 73.5 Å². The minimum Gasteiger partial charge on any atom is -0.376 e. The zero-order valence-corrected chi connectivity index (χ0v) is 14.6. The summed E-state index contributed by atoms with van der Waals surface area (Å²) in [6.45, 7) is 0.919. The van der Waals surface area contributed by atoms with Gasteiger partial charge < -0.3 is 10.6 Å². The molecule has 0 bridgehead atoms. The van der Waals surface area contributed by atoms with Gasteiger partial charge in [-0.2, -0.15) is 0 Å². The summed E-state index contributed by atoms with van der Waals surface area (Å²) in [6, 6.07) is 8.16. The van der Waals surface area contributed by atoms with E-state index in [1.54, 1.807) is 0 Å². The lowest BCUT2D eigenvalue weighted by Gasteiger charge is -2.31. The molecular weight excluding hydrogens is 304 g/mol. The van der Waals surface area contributed by atoms with Gasteiger partial charge >= 0.3 is 6.03 Å². The Morgan fingerprint density at radius 2 is 1.88 bits per heavy atom. The molecule has 6 nitrogen and oxygen atoms in total. The van der Waals surface area contributed by atoms with E-state index in [1.807, 2.05) is 18.2 Å². The summed E-state index contributed by atoms with van der Waals surface area (Å²) in [5.41, 5.74) is 2.10. The van der Waals surface area contributed by atoms with Gasteiger partial charge in [-0.1, -0.05) is 37.5 Å². The summed E-state index contributed by atoms with van der Waals surface area (Å²) >= 11 is 0. The molecule has 1 fully saturated rings. The molecule has 132 valence electrons. The van der Waals surface area contributed by atoms with Crippen LogP contribution in [0.15, 0.2) is 24.3 Å². The summed E-state index contributed by atoms with van der Waals surface area (Å²) < 4.78 is 0. The molecule has 1 aliphatic carbocycles. The lowest BCUT2D eigenvalue weighted by atomic mass is 9.94. The normalized spacial score (nSPS) is 15.1. The van der Waals surface area contributed by atoms with E-state index < -0.39 is 6.03 Å². The molecule has 1 aromatic carbocycles. The Morgan fingerprint density at radius 1 is 1.17 bits per heavy atom. The highest BCUT2D eigenvalue weighted by atomic mass is 16.2. The third-order valence-corrected chi connectivity index (χ3v) is 4.55. The fraction of sp³-hybridized carbons (Fsp3) is 0.556. The van der Waals surface area contributed by atoms with Crippen LogP contribution in [0.2, 0.25) is 0 Å². The number of hydrogen-bond donors (Lipinski definition) is 3. The van der Waals surface area contributed by atoms with Crippen molar-refractivity contribution in [2.75, 3.05) is 26.0 Å². The first-order valence-electron chi connectivity index (χ1n) is 8.63. The maximum absolute atomic E-state index is 11.7. The van der Waals surface area contributed by atoms with Gasteiger partial charge in [0.2, 0.25) is 5.91 Å². The zero-order chi connectivity index (χ0) is 17.4. The lowest BCUT2D eigenvalue weighted by Crippen LogP contribution is -2.40. The van der Waals surface area contributed by atoms with Crippen molar-refractivity contribution in [2.45, 2.75) is 44.7 Å². The van der Waals surface area contributed by atoms with E-state index in [-0.39, 0.29) is 12.5 Å². The molecular formula is C18H28N4O2. The molecule has 0 atom stereocenters. The number of anilines is 1. The van der Waals surface area contributed by atoms with Gasteiger partial charge in [-0.3, -0.25) is 15.0 Å². The number of rotatable bonds is 6. The number of imide groups is 1. The monoisotopic (exact) mass is 332 g/mol. The van der Waals surface area contributed by atoms with E-state index in [2.05, 4.69) is 34.0 Å². The minimum absolute atomic E-state index is 0.0670. The van der Waals surface area contributed by atoms with Crippen LogP contribution < -0.4 is 16.0 Å². The van der Waals surface area contributed by atoms with Crippen molar-refractivity contribution in [1.82, 2.24) is 15.5 Å². The highest BCUT2D eigenvalue weighted by molar-refractivity contribution is 5.96. The van der Waals surface area contributed by atoms with Gasteiger partial charge in [0.15, 0.2) is 0 Å². The van der Waals surface area contributed by atoms with Crippen LogP contribution in [0, 0.1) is 0 Å². The number of nitrogens with zero attached hydrogens (tertiary/aromatic N) is 1. The van der Waals surface area contributed by atoms with E-state index in [9.17, 15) is 9.59 Å². The Morgan fingerprint density at radius 3 is 2.58 bits per heavy atom. The van der Waals surface area contributed by atoms with Crippen LogP contribution in [0.4, 0.5) is 10.5 Å². The second kappa shape index (κ2) is 9.27. The van der Waals surface area contributed by atoms with Crippen LogP contribution in [-0.4, -0.2) is 43.5 Å². The summed E-state index contributed by atoms with van der Waals surface area (Å²) in [5.74, 6) is -0.357. The van der Waals surface area contributed by atoms with Crippen molar-refractivity contribution in [2.24, 2.45) is 0 Å². The second-order valence-electron chi connectivity index (χ2n) is 6.34. The molecule has 0 saturated heterocycles. The number of urea groups is 1. The Hall–Kier alpha value is -2.08. The molecule has 1 aliphatic rings. The first-order chi connectivity index (χ1) is 11.6. The molecule has 0 heterocycles. The number of benzene rings is 1. The lowest BCUT2D eigenvalue weighted by molar-refractivity contribution is -0.118. The molecule has 3 N–H and O–H groups in total. The largest absolute Gasteiger partial charge is 0.376 e. The molecule has 6 heteroatoms. The molecule has 3 amide bonds. The Labute approximate surface area is 144 Å².